The Morgan fingerprint density at radius 3 is 2.41 bits per heavy atom. The standard InChI is InChI=1S/C24H26N2O5S/c1-18-13-14-20(32(28,29)26(2)22-11-7-8-12-23(22)30-3)17-21(18)24(27)25-15-16-31-19-9-5-4-6-10-19/h4-14,17H,15-16H2,1-3H3,(H,25,27). The van der Waals surface area contributed by atoms with Crippen molar-refractivity contribution in [1.82, 2.24) is 5.32 Å². The van der Waals surface area contributed by atoms with E-state index in [1.54, 1.807) is 37.3 Å². The molecule has 0 aromatic heterocycles. The largest absolute Gasteiger partial charge is 0.495 e. The first-order chi connectivity index (χ1) is 15.3. The number of amides is 1. The lowest BCUT2D eigenvalue weighted by Gasteiger charge is -2.22. The van der Waals surface area contributed by atoms with E-state index >= 15 is 0 Å². The lowest BCUT2D eigenvalue weighted by molar-refractivity contribution is 0.0946. The van der Waals surface area contributed by atoms with E-state index in [0.29, 0.717) is 34.9 Å². The smallest absolute Gasteiger partial charge is 0.264 e. The first kappa shape index (κ1) is 23.1. The fourth-order valence-corrected chi connectivity index (χ4v) is 4.36. The number of methoxy groups -OCH3 is 1. The molecule has 7 nitrogen and oxygen atoms in total. The van der Waals surface area contributed by atoms with Crippen LogP contribution >= 0.6 is 0 Å². The molecule has 0 aliphatic carbocycles. The molecule has 0 aliphatic heterocycles. The van der Waals surface area contributed by atoms with Crippen LogP contribution in [0.25, 0.3) is 0 Å². The zero-order chi connectivity index (χ0) is 23.1. The molecule has 0 unspecified atom stereocenters. The number of nitrogens with zero attached hydrogens (tertiary/aromatic N) is 1. The van der Waals surface area contributed by atoms with Crippen molar-refractivity contribution in [3.05, 3.63) is 83.9 Å². The van der Waals surface area contributed by atoms with Gasteiger partial charge in [-0.25, -0.2) is 8.42 Å². The summed E-state index contributed by atoms with van der Waals surface area (Å²) >= 11 is 0. The van der Waals surface area contributed by atoms with Crippen molar-refractivity contribution in [2.24, 2.45) is 0 Å². The first-order valence-corrected chi connectivity index (χ1v) is 11.5. The summed E-state index contributed by atoms with van der Waals surface area (Å²) in [7, 11) is -0.977. The second-order valence-corrected chi connectivity index (χ2v) is 9.01. The molecule has 0 fully saturated rings. The number of hydrogen-bond acceptors (Lipinski definition) is 5. The van der Waals surface area contributed by atoms with Crippen LogP contribution in [0.15, 0.2) is 77.7 Å². The van der Waals surface area contributed by atoms with Gasteiger partial charge in [-0.3, -0.25) is 9.10 Å². The number of carbonyl (C=O) groups excluding carboxylic acids is 1. The van der Waals surface area contributed by atoms with E-state index in [2.05, 4.69) is 5.32 Å². The molecule has 0 aliphatic rings. The molecule has 1 N–H and O–H groups in total. The monoisotopic (exact) mass is 454 g/mol. The Hall–Kier alpha value is -3.52. The second-order valence-electron chi connectivity index (χ2n) is 7.04. The first-order valence-electron chi connectivity index (χ1n) is 10.0. The maximum Gasteiger partial charge on any atom is 0.264 e. The summed E-state index contributed by atoms with van der Waals surface area (Å²) in [6.07, 6.45) is 0. The molecule has 1 amide bonds. The van der Waals surface area contributed by atoms with E-state index in [4.69, 9.17) is 9.47 Å². The van der Waals surface area contributed by atoms with Crippen molar-refractivity contribution in [3.63, 3.8) is 0 Å². The van der Waals surface area contributed by atoms with Gasteiger partial charge in [0.1, 0.15) is 18.1 Å². The van der Waals surface area contributed by atoms with E-state index in [1.807, 2.05) is 30.3 Å². The minimum Gasteiger partial charge on any atom is -0.495 e. The number of carbonyl (C=O) groups is 1. The highest BCUT2D eigenvalue weighted by Crippen LogP contribution is 2.31. The van der Waals surface area contributed by atoms with Gasteiger partial charge in [-0.15, -0.1) is 0 Å². The highest BCUT2D eigenvalue weighted by molar-refractivity contribution is 7.92. The lowest BCUT2D eigenvalue weighted by Crippen LogP contribution is -2.30. The third-order valence-electron chi connectivity index (χ3n) is 4.94. The summed E-state index contributed by atoms with van der Waals surface area (Å²) in [4.78, 5) is 12.7. The number of sulfonamides is 1. The van der Waals surface area contributed by atoms with Crippen molar-refractivity contribution in [2.45, 2.75) is 11.8 Å². The Kier molecular flexibility index (Phi) is 7.37. The molecular formula is C24H26N2O5S. The van der Waals surface area contributed by atoms with E-state index in [-0.39, 0.29) is 17.3 Å². The normalized spacial score (nSPS) is 11.0. The van der Waals surface area contributed by atoms with Gasteiger partial charge in [0.15, 0.2) is 0 Å². The molecule has 3 aromatic rings. The third kappa shape index (κ3) is 5.20. The predicted octanol–water partition coefficient (Wildman–Crippen LogP) is 3.64. The number of rotatable bonds is 9. The molecule has 0 heterocycles. The van der Waals surface area contributed by atoms with Crippen molar-refractivity contribution in [2.75, 3.05) is 31.6 Å². The van der Waals surface area contributed by atoms with Gasteiger partial charge in [0.25, 0.3) is 15.9 Å². The van der Waals surface area contributed by atoms with Crippen molar-refractivity contribution < 1.29 is 22.7 Å². The molecule has 0 spiro atoms. The van der Waals surface area contributed by atoms with Gasteiger partial charge in [-0.05, 0) is 48.9 Å². The maximum atomic E-state index is 13.2. The fourth-order valence-electron chi connectivity index (χ4n) is 3.13. The SMILES string of the molecule is COc1ccccc1N(C)S(=O)(=O)c1ccc(C)c(C(=O)NCCOc2ccccc2)c1. The Balaban J connectivity index is 1.74. The summed E-state index contributed by atoms with van der Waals surface area (Å²) in [6, 6.07) is 20.6. The van der Waals surface area contributed by atoms with Crippen LogP contribution in [0.1, 0.15) is 15.9 Å². The van der Waals surface area contributed by atoms with E-state index in [0.717, 1.165) is 4.31 Å². The summed E-state index contributed by atoms with van der Waals surface area (Å²) < 4.78 is 38.4. The highest BCUT2D eigenvalue weighted by atomic mass is 32.2. The van der Waals surface area contributed by atoms with Gasteiger partial charge < -0.3 is 14.8 Å². The third-order valence-corrected chi connectivity index (χ3v) is 6.70. The van der Waals surface area contributed by atoms with Crippen LogP contribution in [0, 0.1) is 6.92 Å². The fraction of sp³-hybridized carbons (Fsp3) is 0.208. The second kappa shape index (κ2) is 10.2. The van der Waals surface area contributed by atoms with Crippen molar-refractivity contribution >= 4 is 21.6 Å². The number of aryl methyl sites for hydroxylation is 1. The number of ether oxygens (including phenoxy) is 2. The van der Waals surface area contributed by atoms with Crippen LogP contribution < -0.4 is 19.1 Å². The molecule has 8 heteroatoms. The van der Waals surface area contributed by atoms with Crippen LogP contribution in [-0.2, 0) is 10.0 Å². The zero-order valence-electron chi connectivity index (χ0n) is 18.2. The summed E-state index contributed by atoms with van der Waals surface area (Å²) in [6.45, 7) is 2.34. The van der Waals surface area contributed by atoms with Gasteiger partial charge in [0, 0.05) is 12.6 Å². The van der Waals surface area contributed by atoms with E-state index in [1.165, 1.54) is 26.3 Å². The highest BCUT2D eigenvalue weighted by Gasteiger charge is 2.25. The van der Waals surface area contributed by atoms with Crippen LogP contribution in [0.5, 0.6) is 11.5 Å². The number of nitrogens with one attached hydrogen (secondary N) is 1. The Morgan fingerprint density at radius 1 is 1.00 bits per heavy atom. The average Bonchev–Trinajstić information content (AvgIpc) is 2.82. The summed E-state index contributed by atoms with van der Waals surface area (Å²) in [5.74, 6) is 0.781. The number of anilines is 1. The lowest BCUT2D eigenvalue weighted by atomic mass is 10.1. The molecular weight excluding hydrogens is 428 g/mol. The van der Waals surface area contributed by atoms with Gasteiger partial charge in [-0.2, -0.15) is 0 Å². The topological polar surface area (TPSA) is 84.9 Å². The quantitative estimate of drug-likeness (QED) is 0.499. The number of benzene rings is 3. The molecule has 0 saturated carbocycles. The van der Waals surface area contributed by atoms with Gasteiger partial charge >= 0.3 is 0 Å². The molecule has 0 bridgehead atoms. The molecule has 32 heavy (non-hydrogen) atoms. The maximum absolute atomic E-state index is 13.2. The van der Waals surface area contributed by atoms with Crippen LogP contribution in [0.4, 0.5) is 5.69 Å². The number of para-hydroxylation sites is 3. The van der Waals surface area contributed by atoms with Crippen molar-refractivity contribution in [3.8, 4) is 11.5 Å². The van der Waals surface area contributed by atoms with Gasteiger partial charge in [0.2, 0.25) is 0 Å². The predicted molar refractivity (Wildman–Crippen MR) is 124 cm³/mol. The summed E-state index contributed by atoms with van der Waals surface area (Å²) in [5.41, 5.74) is 1.37. The van der Waals surface area contributed by atoms with Crippen LogP contribution in [-0.4, -0.2) is 41.6 Å². The van der Waals surface area contributed by atoms with Crippen molar-refractivity contribution in [1.29, 1.82) is 0 Å². The van der Waals surface area contributed by atoms with Gasteiger partial charge in [0.05, 0.1) is 24.2 Å². The number of hydrogen-bond donors (Lipinski definition) is 1. The Bertz CT molecular complexity index is 1180. The Morgan fingerprint density at radius 2 is 1.69 bits per heavy atom. The van der Waals surface area contributed by atoms with Crippen LogP contribution in [0.2, 0.25) is 0 Å². The molecule has 0 radical (unpaired) electrons. The molecule has 168 valence electrons. The molecule has 0 atom stereocenters. The molecule has 3 rings (SSSR count). The summed E-state index contributed by atoms with van der Waals surface area (Å²) in [5, 5.41) is 2.78. The Labute approximate surface area is 188 Å². The van der Waals surface area contributed by atoms with Gasteiger partial charge in [-0.1, -0.05) is 36.4 Å². The molecule has 3 aromatic carbocycles. The minimum absolute atomic E-state index is 0.0159. The molecule has 0 saturated heterocycles. The zero-order valence-corrected chi connectivity index (χ0v) is 19.1. The average molecular weight is 455 g/mol. The van der Waals surface area contributed by atoms with Crippen LogP contribution in [0.3, 0.4) is 0 Å². The van der Waals surface area contributed by atoms with E-state index < -0.39 is 10.0 Å². The van der Waals surface area contributed by atoms with E-state index in [9.17, 15) is 13.2 Å². The minimum atomic E-state index is -3.91.